The molecule has 3 amide bonds. The lowest BCUT2D eigenvalue weighted by Crippen LogP contribution is -2.58. The number of nitrogens with one attached hydrogen (secondary N) is 3. The predicted octanol–water partition coefficient (Wildman–Crippen LogP) is -0.494. The number of carbonyl (C=O) groups excluding carboxylic acids is 3. The Morgan fingerprint density at radius 3 is 2.07 bits per heavy atom. The molecule has 0 aliphatic rings. The lowest BCUT2D eigenvalue weighted by atomic mass is 9.98. The summed E-state index contributed by atoms with van der Waals surface area (Å²) in [5.74, 6) is -2.81. The van der Waals surface area contributed by atoms with Gasteiger partial charge >= 0.3 is 5.97 Å². The van der Waals surface area contributed by atoms with Crippen LogP contribution < -0.4 is 21.7 Å². The Kier molecular flexibility index (Phi) is 11.7. The molecule has 0 saturated carbocycles. The Morgan fingerprint density at radius 2 is 1.63 bits per heavy atom. The zero-order valence-electron chi connectivity index (χ0n) is 16.3. The molecule has 0 aromatic heterocycles. The second-order valence-corrected chi connectivity index (χ2v) is 7.33. The van der Waals surface area contributed by atoms with E-state index < -0.39 is 48.4 Å². The normalized spacial score (nSPS) is 15.4. The highest BCUT2D eigenvalue weighted by Gasteiger charge is 2.30. The van der Waals surface area contributed by atoms with Gasteiger partial charge < -0.3 is 26.8 Å². The van der Waals surface area contributed by atoms with Crippen LogP contribution in [0.1, 0.15) is 40.5 Å². The minimum Gasteiger partial charge on any atom is -0.480 e. The number of carboxylic acids is 1. The summed E-state index contributed by atoms with van der Waals surface area (Å²) >= 11 is 4.09. The highest BCUT2D eigenvalue weighted by Crippen LogP contribution is 2.09. The Hall–Kier alpha value is -1.81. The maximum Gasteiger partial charge on any atom is 0.322 e. The Labute approximate surface area is 165 Å². The molecule has 0 aliphatic carbocycles. The predicted molar refractivity (Wildman–Crippen MR) is 105 cm³/mol. The minimum atomic E-state index is -1.18. The molecule has 0 spiro atoms. The fraction of sp³-hybridized carbons (Fsp3) is 0.765. The van der Waals surface area contributed by atoms with E-state index >= 15 is 0 Å². The van der Waals surface area contributed by atoms with Gasteiger partial charge in [0.25, 0.3) is 0 Å². The van der Waals surface area contributed by atoms with Crippen molar-refractivity contribution < 1.29 is 24.3 Å². The molecular formula is C17H32N4O5S. The molecule has 4 unspecified atom stereocenters. The molecule has 0 radical (unpaired) electrons. The summed E-state index contributed by atoms with van der Waals surface area (Å²) in [5.41, 5.74) is 5.82. The van der Waals surface area contributed by atoms with Crippen LogP contribution >= 0.6 is 12.6 Å². The van der Waals surface area contributed by atoms with Crippen LogP contribution in [0.4, 0.5) is 0 Å². The average Bonchev–Trinajstić information content (AvgIpc) is 2.60. The summed E-state index contributed by atoms with van der Waals surface area (Å²) in [7, 11) is 0. The van der Waals surface area contributed by atoms with Gasteiger partial charge in [-0.1, -0.05) is 34.1 Å². The molecule has 27 heavy (non-hydrogen) atoms. The lowest BCUT2D eigenvalue weighted by Gasteiger charge is -2.26. The maximum atomic E-state index is 12.5. The first kappa shape index (κ1) is 25.2. The van der Waals surface area contributed by atoms with Crippen molar-refractivity contribution in [3.63, 3.8) is 0 Å². The smallest absolute Gasteiger partial charge is 0.322 e. The fourth-order valence-corrected chi connectivity index (χ4v) is 2.57. The largest absolute Gasteiger partial charge is 0.480 e. The summed E-state index contributed by atoms with van der Waals surface area (Å²) in [4.78, 5) is 47.5. The second-order valence-electron chi connectivity index (χ2n) is 6.96. The van der Waals surface area contributed by atoms with Gasteiger partial charge in [0.1, 0.15) is 18.6 Å². The quantitative estimate of drug-likeness (QED) is 0.242. The number of rotatable bonds is 12. The number of aliphatic carboxylic acids is 1. The number of nitrogens with two attached hydrogens (primary N) is 1. The fourth-order valence-electron chi connectivity index (χ4n) is 2.32. The third kappa shape index (κ3) is 9.62. The summed E-state index contributed by atoms with van der Waals surface area (Å²) in [5, 5.41) is 16.1. The van der Waals surface area contributed by atoms with Crippen molar-refractivity contribution in [2.45, 2.75) is 58.7 Å². The van der Waals surface area contributed by atoms with Crippen LogP contribution in [0.5, 0.6) is 0 Å². The molecule has 0 bridgehead atoms. The average molecular weight is 405 g/mol. The van der Waals surface area contributed by atoms with Gasteiger partial charge in [-0.3, -0.25) is 19.2 Å². The molecule has 156 valence electrons. The lowest BCUT2D eigenvalue weighted by molar-refractivity contribution is -0.139. The van der Waals surface area contributed by atoms with Crippen molar-refractivity contribution in [3.8, 4) is 0 Å². The molecular weight excluding hydrogens is 372 g/mol. The molecule has 0 aromatic rings. The van der Waals surface area contributed by atoms with Crippen LogP contribution in [0.25, 0.3) is 0 Å². The zero-order chi connectivity index (χ0) is 21.1. The van der Waals surface area contributed by atoms with Crippen molar-refractivity contribution in [2.75, 3.05) is 12.3 Å². The van der Waals surface area contributed by atoms with Gasteiger partial charge in [-0.05, 0) is 18.3 Å². The van der Waals surface area contributed by atoms with Gasteiger partial charge in [0.2, 0.25) is 17.7 Å². The van der Waals surface area contributed by atoms with Crippen molar-refractivity contribution in [1.29, 1.82) is 0 Å². The molecule has 9 nitrogen and oxygen atoms in total. The van der Waals surface area contributed by atoms with Crippen molar-refractivity contribution in [3.05, 3.63) is 0 Å². The Morgan fingerprint density at radius 1 is 1.04 bits per heavy atom. The number of thiol groups is 1. The van der Waals surface area contributed by atoms with Crippen molar-refractivity contribution in [1.82, 2.24) is 16.0 Å². The van der Waals surface area contributed by atoms with E-state index in [-0.39, 0.29) is 17.6 Å². The first-order valence-electron chi connectivity index (χ1n) is 9.00. The minimum absolute atomic E-state index is 0.0238. The number of amides is 3. The SMILES string of the molecule is CCC(C)C(NC(=O)C(CS)NC(=O)C(N)CC(C)C)C(=O)NCC(=O)O. The molecule has 10 heteroatoms. The number of carbonyl (C=O) groups is 4. The van der Waals surface area contributed by atoms with Crippen LogP contribution in [-0.2, 0) is 19.2 Å². The molecule has 6 N–H and O–H groups in total. The number of carboxylic acid groups (broad SMARTS) is 1. The molecule has 0 rings (SSSR count). The van der Waals surface area contributed by atoms with Gasteiger partial charge in [0, 0.05) is 5.75 Å². The van der Waals surface area contributed by atoms with E-state index in [9.17, 15) is 19.2 Å². The van der Waals surface area contributed by atoms with Crippen molar-refractivity contribution >= 4 is 36.3 Å². The molecule has 4 atom stereocenters. The summed E-state index contributed by atoms with van der Waals surface area (Å²) < 4.78 is 0. The van der Waals surface area contributed by atoms with E-state index in [1.807, 2.05) is 20.8 Å². The maximum absolute atomic E-state index is 12.5. The first-order chi connectivity index (χ1) is 12.5. The monoisotopic (exact) mass is 404 g/mol. The summed E-state index contributed by atoms with van der Waals surface area (Å²) in [6.45, 7) is 6.93. The van der Waals surface area contributed by atoms with Crippen LogP contribution in [0.2, 0.25) is 0 Å². The van der Waals surface area contributed by atoms with Gasteiger partial charge in [-0.15, -0.1) is 0 Å². The highest BCUT2D eigenvalue weighted by atomic mass is 32.1. The molecule has 0 aromatic carbocycles. The molecule has 0 fully saturated rings. The topological polar surface area (TPSA) is 151 Å². The third-order valence-electron chi connectivity index (χ3n) is 4.08. The van der Waals surface area contributed by atoms with Crippen molar-refractivity contribution in [2.24, 2.45) is 17.6 Å². The summed E-state index contributed by atoms with van der Waals surface area (Å²) in [6, 6.07) is -2.63. The second kappa shape index (κ2) is 12.6. The Balaban J connectivity index is 5.02. The van der Waals surface area contributed by atoms with E-state index in [0.717, 1.165) is 0 Å². The van der Waals surface area contributed by atoms with E-state index in [2.05, 4.69) is 28.6 Å². The first-order valence-corrected chi connectivity index (χ1v) is 9.63. The number of hydrogen-bond acceptors (Lipinski definition) is 6. The number of hydrogen-bond donors (Lipinski definition) is 6. The Bertz CT molecular complexity index is 529. The van der Waals surface area contributed by atoms with Gasteiger partial charge in [0.15, 0.2) is 0 Å². The third-order valence-corrected chi connectivity index (χ3v) is 4.45. The molecule has 0 saturated heterocycles. The van der Waals surface area contributed by atoms with Crippen LogP contribution in [-0.4, -0.2) is 59.2 Å². The standard InChI is InChI=1S/C17H32N4O5S/c1-5-10(4)14(17(26)19-7-13(22)23)21-16(25)12(8-27)20-15(24)11(18)6-9(2)3/h9-12,14,27H,5-8,18H2,1-4H3,(H,19,26)(H,20,24)(H,21,25)(H,22,23). The molecule has 0 aliphatic heterocycles. The highest BCUT2D eigenvalue weighted by molar-refractivity contribution is 7.80. The van der Waals surface area contributed by atoms with E-state index in [0.29, 0.717) is 12.8 Å². The summed E-state index contributed by atoms with van der Waals surface area (Å²) in [6.07, 6.45) is 1.06. The van der Waals surface area contributed by atoms with Crippen LogP contribution in [0, 0.1) is 11.8 Å². The van der Waals surface area contributed by atoms with Gasteiger partial charge in [0.05, 0.1) is 6.04 Å². The molecule has 0 heterocycles. The van der Waals surface area contributed by atoms with E-state index in [1.54, 1.807) is 6.92 Å². The van der Waals surface area contributed by atoms with Gasteiger partial charge in [-0.2, -0.15) is 12.6 Å². The van der Waals surface area contributed by atoms with E-state index in [4.69, 9.17) is 10.8 Å². The van der Waals surface area contributed by atoms with Crippen LogP contribution in [0.15, 0.2) is 0 Å². The van der Waals surface area contributed by atoms with Crippen LogP contribution in [0.3, 0.4) is 0 Å². The van der Waals surface area contributed by atoms with E-state index in [1.165, 1.54) is 0 Å². The van der Waals surface area contributed by atoms with Gasteiger partial charge in [-0.25, -0.2) is 0 Å². The zero-order valence-corrected chi connectivity index (χ0v) is 17.2.